The zero-order valence-corrected chi connectivity index (χ0v) is 20.9. The van der Waals surface area contributed by atoms with Crippen molar-refractivity contribution in [1.29, 1.82) is 0 Å². The third-order valence-electron chi connectivity index (χ3n) is 4.51. The van der Waals surface area contributed by atoms with Gasteiger partial charge in [0.15, 0.2) is 5.96 Å². The molecule has 0 radical (unpaired) electrons. The standard InChI is InChI=1S/C23H33N3O3.HI/c1-6-28-11-12-29-22-13-17(2)7-10-20(22)16-26-23(24-4)25-15-19-9-8-18(3)21(14-19)27-5;/h7-10,13-14H,6,11-12,15-16H2,1-5H3,(H2,24,25,26);1H. The summed E-state index contributed by atoms with van der Waals surface area (Å²) in [5.41, 5.74) is 4.49. The van der Waals surface area contributed by atoms with Gasteiger partial charge in [0.05, 0.1) is 13.7 Å². The molecule has 0 aliphatic rings. The van der Waals surface area contributed by atoms with Crippen LogP contribution in [0.3, 0.4) is 0 Å². The number of hydrogen-bond donors (Lipinski definition) is 2. The number of aliphatic imine (C=N–C) groups is 1. The van der Waals surface area contributed by atoms with Gasteiger partial charge in [-0.2, -0.15) is 0 Å². The average molecular weight is 527 g/mol. The van der Waals surface area contributed by atoms with Crippen molar-refractivity contribution < 1.29 is 14.2 Å². The third kappa shape index (κ3) is 8.39. The van der Waals surface area contributed by atoms with Gasteiger partial charge in [-0.25, -0.2) is 0 Å². The van der Waals surface area contributed by atoms with Crippen LogP contribution in [-0.4, -0.2) is 39.9 Å². The molecule has 0 unspecified atom stereocenters. The first-order valence-electron chi connectivity index (χ1n) is 9.95. The normalized spacial score (nSPS) is 10.9. The van der Waals surface area contributed by atoms with E-state index in [0.29, 0.717) is 32.9 Å². The smallest absolute Gasteiger partial charge is 0.191 e. The first kappa shape index (κ1) is 26.0. The molecule has 2 aromatic carbocycles. The molecule has 7 heteroatoms. The number of methoxy groups -OCH3 is 1. The van der Waals surface area contributed by atoms with E-state index in [1.54, 1.807) is 14.2 Å². The monoisotopic (exact) mass is 527 g/mol. The van der Waals surface area contributed by atoms with Crippen LogP contribution in [-0.2, 0) is 17.8 Å². The highest BCUT2D eigenvalue weighted by atomic mass is 127. The molecule has 166 valence electrons. The van der Waals surface area contributed by atoms with Crippen molar-refractivity contribution in [2.24, 2.45) is 4.99 Å². The molecule has 0 fully saturated rings. The number of nitrogens with zero attached hydrogens (tertiary/aromatic N) is 1. The maximum atomic E-state index is 5.91. The molecule has 0 aromatic heterocycles. The Balaban J connectivity index is 0.00000450. The van der Waals surface area contributed by atoms with Crippen LogP contribution < -0.4 is 20.1 Å². The van der Waals surface area contributed by atoms with Gasteiger partial charge in [-0.3, -0.25) is 4.99 Å². The highest BCUT2D eigenvalue weighted by Gasteiger charge is 2.07. The van der Waals surface area contributed by atoms with E-state index < -0.39 is 0 Å². The number of rotatable bonds is 10. The first-order valence-corrected chi connectivity index (χ1v) is 9.95. The van der Waals surface area contributed by atoms with Crippen LogP contribution in [0.1, 0.15) is 29.2 Å². The van der Waals surface area contributed by atoms with Crippen LogP contribution in [0.2, 0.25) is 0 Å². The summed E-state index contributed by atoms with van der Waals surface area (Å²) in [7, 11) is 3.45. The van der Waals surface area contributed by atoms with E-state index in [0.717, 1.165) is 39.7 Å². The predicted molar refractivity (Wildman–Crippen MR) is 133 cm³/mol. The Bertz CT molecular complexity index is 812. The molecular weight excluding hydrogens is 493 g/mol. The lowest BCUT2D eigenvalue weighted by Gasteiger charge is -2.16. The van der Waals surface area contributed by atoms with Crippen molar-refractivity contribution >= 4 is 29.9 Å². The minimum atomic E-state index is 0. The van der Waals surface area contributed by atoms with E-state index in [1.807, 2.05) is 19.9 Å². The number of nitrogens with one attached hydrogen (secondary N) is 2. The molecule has 0 heterocycles. The largest absolute Gasteiger partial charge is 0.496 e. The van der Waals surface area contributed by atoms with E-state index >= 15 is 0 Å². The summed E-state index contributed by atoms with van der Waals surface area (Å²) >= 11 is 0. The molecule has 2 aromatic rings. The van der Waals surface area contributed by atoms with Gasteiger partial charge in [-0.1, -0.05) is 24.3 Å². The Kier molecular flexibility index (Phi) is 12.2. The van der Waals surface area contributed by atoms with E-state index in [-0.39, 0.29) is 24.0 Å². The lowest BCUT2D eigenvalue weighted by molar-refractivity contribution is 0.110. The Morgan fingerprint density at radius 1 is 0.967 bits per heavy atom. The highest BCUT2D eigenvalue weighted by Crippen LogP contribution is 2.21. The summed E-state index contributed by atoms with van der Waals surface area (Å²) in [6.45, 7) is 9.15. The quantitative estimate of drug-likeness (QED) is 0.210. The molecule has 6 nitrogen and oxygen atoms in total. The van der Waals surface area contributed by atoms with Gasteiger partial charge in [0.2, 0.25) is 0 Å². The van der Waals surface area contributed by atoms with Crippen LogP contribution >= 0.6 is 24.0 Å². The van der Waals surface area contributed by atoms with Gasteiger partial charge < -0.3 is 24.8 Å². The number of ether oxygens (including phenoxy) is 3. The second-order valence-electron chi connectivity index (χ2n) is 6.74. The minimum absolute atomic E-state index is 0. The fourth-order valence-corrected chi connectivity index (χ4v) is 2.86. The van der Waals surface area contributed by atoms with Gasteiger partial charge in [0, 0.05) is 32.3 Å². The Hall–Kier alpha value is -2.00. The molecular formula is C23H34IN3O3. The van der Waals surface area contributed by atoms with Crippen molar-refractivity contribution in [3.8, 4) is 11.5 Å². The van der Waals surface area contributed by atoms with Crippen molar-refractivity contribution in [3.05, 3.63) is 58.7 Å². The van der Waals surface area contributed by atoms with E-state index in [2.05, 4.69) is 52.9 Å². The molecule has 0 aliphatic carbocycles. The molecule has 0 bridgehead atoms. The maximum absolute atomic E-state index is 5.91. The summed E-state index contributed by atoms with van der Waals surface area (Å²) in [5.74, 6) is 2.49. The summed E-state index contributed by atoms with van der Waals surface area (Å²) in [6, 6.07) is 12.4. The number of aryl methyl sites for hydroxylation is 2. The summed E-state index contributed by atoms with van der Waals surface area (Å²) in [4.78, 5) is 4.31. The van der Waals surface area contributed by atoms with E-state index in [1.165, 1.54) is 0 Å². The molecule has 2 N–H and O–H groups in total. The van der Waals surface area contributed by atoms with Crippen molar-refractivity contribution in [3.63, 3.8) is 0 Å². The number of benzene rings is 2. The minimum Gasteiger partial charge on any atom is -0.496 e. The summed E-state index contributed by atoms with van der Waals surface area (Å²) in [5, 5.41) is 6.69. The van der Waals surface area contributed by atoms with Gasteiger partial charge in [0.25, 0.3) is 0 Å². The van der Waals surface area contributed by atoms with E-state index in [4.69, 9.17) is 14.2 Å². The number of halogens is 1. The Morgan fingerprint density at radius 3 is 2.43 bits per heavy atom. The summed E-state index contributed by atoms with van der Waals surface area (Å²) < 4.78 is 16.7. The van der Waals surface area contributed by atoms with Crippen molar-refractivity contribution in [1.82, 2.24) is 10.6 Å². The molecule has 0 saturated heterocycles. The molecule has 30 heavy (non-hydrogen) atoms. The molecule has 0 spiro atoms. The van der Waals surface area contributed by atoms with Gasteiger partial charge in [-0.15, -0.1) is 24.0 Å². The SMILES string of the molecule is CCOCCOc1cc(C)ccc1CNC(=NC)NCc1ccc(C)c(OC)c1.I. The van der Waals surface area contributed by atoms with Crippen LogP contribution in [0.15, 0.2) is 41.4 Å². The summed E-state index contributed by atoms with van der Waals surface area (Å²) in [6.07, 6.45) is 0. The van der Waals surface area contributed by atoms with Gasteiger partial charge in [-0.05, 0) is 49.6 Å². The fourth-order valence-electron chi connectivity index (χ4n) is 2.86. The molecule has 0 saturated carbocycles. The van der Waals surface area contributed by atoms with Crippen LogP contribution in [0.4, 0.5) is 0 Å². The second kappa shape index (κ2) is 14.1. The van der Waals surface area contributed by atoms with Gasteiger partial charge >= 0.3 is 0 Å². The first-order chi connectivity index (χ1) is 14.1. The lowest BCUT2D eigenvalue weighted by atomic mass is 10.1. The second-order valence-corrected chi connectivity index (χ2v) is 6.74. The zero-order chi connectivity index (χ0) is 21.1. The lowest BCUT2D eigenvalue weighted by Crippen LogP contribution is -2.36. The average Bonchev–Trinajstić information content (AvgIpc) is 2.73. The predicted octanol–water partition coefficient (Wildman–Crippen LogP) is 4.21. The van der Waals surface area contributed by atoms with Crippen LogP contribution in [0.25, 0.3) is 0 Å². The molecule has 2 rings (SSSR count). The third-order valence-corrected chi connectivity index (χ3v) is 4.51. The van der Waals surface area contributed by atoms with Crippen molar-refractivity contribution in [2.75, 3.05) is 34.0 Å². The van der Waals surface area contributed by atoms with Gasteiger partial charge in [0.1, 0.15) is 18.1 Å². The number of hydrogen-bond acceptors (Lipinski definition) is 4. The maximum Gasteiger partial charge on any atom is 0.191 e. The molecule has 0 aliphatic heterocycles. The van der Waals surface area contributed by atoms with Crippen LogP contribution in [0, 0.1) is 13.8 Å². The highest BCUT2D eigenvalue weighted by molar-refractivity contribution is 14.0. The van der Waals surface area contributed by atoms with E-state index in [9.17, 15) is 0 Å². The fraction of sp³-hybridized carbons (Fsp3) is 0.435. The number of guanidine groups is 1. The molecule has 0 amide bonds. The molecule has 0 atom stereocenters. The Morgan fingerprint density at radius 2 is 1.73 bits per heavy atom. The topological polar surface area (TPSA) is 64.1 Å². The van der Waals surface area contributed by atoms with Crippen molar-refractivity contribution in [2.45, 2.75) is 33.9 Å². The Labute approximate surface area is 197 Å². The zero-order valence-electron chi connectivity index (χ0n) is 18.6. The van der Waals surface area contributed by atoms with Crippen LogP contribution in [0.5, 0.6) is 11.5 Å².